The van der Waals surface area contributed by atoms with E-state index in [0.29, 0.717) is 19.0 Å². The molecule has 1 aliphatic heterocycles. The van der Waals surface area contributed by atoms with Crippen molar-refractivity contribution in [1.29, 1.82) is 0 Å². The molecule has 106 valence electrons. The lowest BCUT2D eigenvalue weighted by Crippen LogP contribution is -2.44. The second-order valence-corrected chi connectivity index (χ2v) is 6.42. The summed E-state index contributed by atoms with van der Waals surface area (Å²) < 4.78 is 0. The van der Waals surface area contributed by atoms with Crippen molar-refractivity contribution >= 4 is 17.2 Å². The number of nitrogens with one attached hydrogen (secondary N) is 1. The van der Waals surface area contributed by atoms with Gasteiger partial charge in [0.15, 0.2) is 0 Å². The SMILES string of the molecule is CC(N)CC(=O)NCC(C)N1CCc2sccc2C1. The lowest BCUT2D eigenvalue weighted by atomic mass is 10.1. The number of thiophene rings is 1. The number of nitrogens with zero attached hydrogens (tertiary/aromatic N) is 1. The number of carbonyl (C=O) groups is 1. The van der Waals surface area contributed by atoms with E-state index in [2.05, 4.69) is 28.6 Å². The van der Waals surface area contributed by atoms with E-state index in [9.17, 15) is 4.79 Å². The molecule has 3 N–H and O–H groups in total. The van der Waals surface area contributed by atoms with Crippen LogP contribution in [0.5, 0.6) is 0 Å². The minimum atomic E-state index is -0.0707. The molecule has 5 heteroatoms. The summed E-state index contributed by atoms with van der Waals surface area (Å²) in [6.07, 6.45) is 1.53. The smallest absolute Gasteiger partial charge is 0.221 e. The lowest BCUT2D eigenvalue weighted by molar-refractivity contribution is -0.121. The molecule has 2 atom stereocenters. The molecule has 1 amide bonds. The molecule has 0 aliphatic carbocycles. The van der Waals surface area contributed by atoms with Gasteiger partial charge in [0.2, 0.25) is 5.91 Å². The van der Waals surface area contributed by atoms with E-state index in [4.69, 9.17) is 5.73 Å². The Morgan fingerprint density at radius 1 is 1.58 bits per heavy atom. The van der Waals surface area contributed by atoms with Gasteiger partial charge in [0.1, 0.15) is 0 Å². The van der Waals surface area contributed by atoms with Crippen LogP contribution in [0, 0.1) is 0 Å². The third-order valence-corrected chi connectivity index (χ3v) is 4.59. The quantitative estimate of drug-likeness (QED) is 0.856. The summed E-state index contributed by atoms with van der Waals surface area (Å²) in [6.45, 7) is 6.81. The van der Waals surface area contributed by atoms with Crippen molar-refractivity contribution in [3.8, 4) is 0 Å². The summed E-state index contributed by atoms with van der Waals surface area (Å²) in [5.41, 5.74) is 7.06. The first-order valence-corrected chi connectivity index (χ1v) is 7.76. The van der Waals surface area contributed by atoms with Crippen molar-refractivity contribution < 1.29 is 4.79 Å². The Kier molecular flexibility index (Phi) is 4.96. The summed E-state index contributed by atoms with van der Waals surface area (Å²) in [5, 5.41) is 5.14. The van der Waals surface area contributed by atoms with Crippen LogP contribution in [0.2, 0.25) is 0 Å². The largest absolute Gasteiger partial charge is 0.354 e. The Morgan fingerprint density at radius 3 is 3.11 bits per heavy atom. The second-order valence-electron chi connectivity index (χ2n) is 5.42. The van der Waals surface area contributed by atoms with Crippen molar-refractivity contribution in [3.63, 3.8) is 0 Å². The Morgan fingerprint density at radius 2 is 2.37 bits per heavy atom. The highest BCUT2D eigenvalue weighted by molar-refractivity contribution is 7.10. The van der Waals surface area contributed by atoms with Crippen LogP contribution in [-0.4, -0.2) is 36.0 Å². The van der Waals surface area contributed by atoms with Crippen LogP contribution >= 0.6 is 11.3 Å². The fourth-order valence-electron chi connectivity index (χ4n) is 2.40. The van der Waals surface area contributed by atoms with Crippen LogP contribution in [0.4, 0.5) is 0 Å². The fourth-order valence-corrected chi connectivity index (χ4v) is 3.29. The number of amides is 1. The summed E-state index contributed by atoms with van der Waals surface area (Å²) in [6, 6.07) is 2.51. The average Bonchev–Trinajstić information content (AvgIpc) is 2.82. The van der Waals surface area contributed by atoms with Gasteiger partial charge in [0, 0.05) is 43.0 Å². The minimum absolute atomic E-state index is 0.0510. The van der Waals surface area contributed by atoms with Gasteiger partial charge in [-0.2, -0.15) is 0 Å². The van der Waals surface area contributed by atoms with Crippen molar-refractivity contribution in [2.24, 2.45) is 5.73 Å². The third kappa shape index (κ3) is 4.03. The van der Waals surface area contributed by atoms with Crippen molar-refractivity contribution in [2.45, 2.75) is 45.3 Å². The molecule has 0 fully saturated rings. The standard InChI is InChI=1S/C14H23N3OS/c1-10(15)7-14(18)16-8-11(2)17-5-3-13-12(9-17)4-6-19-13/h4,6,10-11H,3,5,7-9,15H2,1-2H3,(H,16,18). The number of rotatable bonds is 5. The maximum Gasteiger partial charge on any atom is 0.221 e. The van der Waals surface area contributed by atoms with Crippen molar-refractivity contribution in [2.75, 3.05) is 13.1 Å². The van der Waals surface area contributed by atoms with Gasteiger partial charge in [-0.15, -0.1) is 11.3 Å². The van der Waals surface area contributed by atoms with Crippen LogP contribution in [0.15, 0.2) is 11.4 Å². The van der Waals surface area contributed by atoms with Gasteiger partial charge in [0.25, 0.3) is 0 Å². The normalized spacial score (nSPS) is 18.7. The monoisotopic (exact) mass is 281 g/mol. The van der Waals surface area contributed by atoms with Crippen molar-refractivity contribution in [3.05, 3.63) is 21.9 Å². The maximum absolute atomic E-state index is 11.6. The molecule has 2 unspecified atom stereocenters. The molecule has 0 radical (unpaired) electrons. The molecule has 1 aromatic heterocycles. The van der Waals surface area contributed by atoms with E-state index in [1.54, 1.807) is 0 Å². The molecule has 1 aromatic rings. The van der Waals surface area contributed by atoms with Gasteiger partial charge in [-0.25, -0.2) is 0 Å². The molecule has 4 nitrogen and oxygen atoms in total. The molecule has 0 bridgehead atoms. The molecule has 0 saturated heterocycles. The van der Waals surface area contributed by atoms with Gasteiger partial charge in [-0.3, -0.25) is 9.69 Å². The predicted molar refractivity (Wildman–Crippen MR) is 79.2 cm³/mol. The second kappa shape index (κ2) is 6.50. The summed E-state index contributed by atoms with van der Waals surface area (Å²) in [7, 11) is 0. The van der Waals surface area contributed by atoms with Gasteiger partial charge in [0.05, 0.1) is 0 Å². The molecule has 2 rings (SSSR count). The van der Waals surface area contributed by atoms with Gasteiger partial charge in [-0.1, -0.05) is 0 Å². The molecule has 0 saturated carbocycles. The zero-order valence-electron chi connectivity index (χ0n) is 11.7. The molecule has 1 aliphatic rings. The third-order valence-electron chi connectivity index (χ3n) is 3.56. The zero-order chi connectivity index (χ0) is 13.8. The number of hydrogen-bond donors (Lipinski definition) is 2. The number of hydrogen-bond acceptors (Lipinski definition) is 4. The first-order chi connectivity index (χ1) is 9.06. The van der Waals surface area contributed by atoms with Crippen LogP contribution in [-0.2, 0) is 17.8 Å². The first-order valence-electron chi connectivity index (χ1n) is 6.88. The summed E-state index contributed by atoms with van der Waals surface area (Å²) >= 11 is 1.85. The fraction of sp³-hybridized carbons (Fsp3) is 0.643. The molecule has 2 heterocycles. The number of fused-ring (bicyclic) bond motifs is 1. The van der Waals surface area contributed by atoms with Crippen LogP contribution in [0.3, 0.4) is 0 Å². The van der Waals surface area contributed by atoms with E-state index < -0.39 is 0 Å². The topological polar surface area (TPSA) is 58.4 Å². The summed E-state index contributed by atoms with van der Waals surface area (Å²) in [4.78, 5) is 15.5. The first kappa shape index (κ1) is 14.5. The Bertz CT molecular complexity index is 430. The van der Waals surface area contributed by atoms with E-state index in [1.807, 2.05) is 18.3 Å². The molecule has 0 aromatic carbocycles. The van der Waals surface area contributed by atoms with Gasteiger partial charge < -0.3 is 11.1 Å². The Hall–Kier alpha value is -0.910. The van der Waals surface area contributed by atoms with Crippen LogP contribution in [0.1, 0.15) is 30.7 Å². The molecular formula is C14H23N3OS. The van der Waals surface area contributed by atoms with E-state index in [1.165, 1.54) is 10.4 Å². The van der Waals surface area contributed by atoms with Crippen molar-refractivity contribution in [1.82, 2.24) is 10.2 Å². The lowest BCUT2D eigenvalue weighted by Gasteiger charge is -2.32. The minimum Gasteiger partial charge on any atom is -0.354 e. The maximum atomic E-state index is 11.6. The summed E-state index contributed by atoms with van der Waals surface area (Å²) in [5.74, 6) is 0.0510. The average molecular weight is 281 g/mol. The Labute approximate surface area is 119 Å². The van der Waals surface area contributed by atoms with Gasteiger partial charge in [-0.05, 0) is 37.3 Å². The number of nitrogens with two attached hydrogens (primary N) is 1. The highest BCUT2D eigenvalue weighted by atomic mass is 32.1. The van der Waals surface area contributed by atoms with E-state index in [-0.39, 0.29) is 11.9 Å². The predicted octanol–water partition coefficient (Wildman–Crippen LogP) is 1.35. The highest BCUT2D eigenvalue weighted by Gasteiger charge is 2.21. The zero-order valence-corrected chi connectivity index (χ0v) is 12.5. The van der Waals surface area contributed by atoms with Crippen LogP contribution < -0.4 is 11.1 Å². The van der Waals surface area contributed by atoms with E-state index in [0.717, 1.165) is 19.5 Å². The van der Waals surface area contributed by atoms with E-state index >= 15 is 0 Å². The molecule has 19 heavy (non-hydrogen) atoms. The van der Waals surface area contributed by atoms with Crippen LogP contribution in [0.25, 0.3) is 0 Å². The Balaban J connectivity index is 1.78. The number of carbonyl (C=O) groups excluding carboxylic acids is 1. The highest BCUT2D eigenvalue weighted by Crippen LogP contribution is 2.24. The molecule has 0 spiro atoms. The molecular weight excluding hydrogens is 258 g/mol. The van der Waals surface area contributed by atoms with Gasteiger partial charge >= 0.3 is 0 Å².